The first-order chi connectivity index (χ1) is 6.09. The van der Waals surface area contributed by atoms with Crippen LogP contribution in [0.1, 0.15) is 19.4 Å². The number of cyclic esters (lactones) is 1. The highest BCUT2D eigenvalue weighted by Crippen LogP contribution is 2.40. The van der Waals surface area contributed by atoms with Gasteiger partial charge < -0.3 is 4.74 Å². The highest BCUT2D eigenvalue weighted by atomic mass is 32.2. The summed E-state index contributed by atoms with van der Waals surface area (Å²) in [5, 5.41) is -0.219. The second-order valence-electron chi connectivity index (χ2n) is 3.46. The summed E-state index contributed by atoms with van der Waals surface area (Å²) in [5.41, 5.74) is 0.596. The van der Waals surface area contributed by atoms with E-state index in [0.717, 1.165) is 22.2 Å². The van der Waals surface area contributed by atoms with Gasteiger partial charge in [0.15, 0.2) is 0 Å². The highest BCUT2D eigenvalue weighted by molar-refractivity contribution is 8.13. The Hall–Kier alpha value is -0.960. The molecule has 0 saturated carbocycles. The lowest BCUT2D eigenvalue weighted by atomic mass is 9.98. The van der Waals surface area contributed by atoms with E-state index in [9.17, 15) is 4.79 Å². The number of fused-ring (bicyclic) bond motifs is 1. The minimum atomic E-state index is -0.487. The number of carbonyl (C=O) groups is 1. The first-order valence-electron chi connectivity index (χ1n) is 4.10. The zero-order valence-corrected chi connectivity index (χ0v) is 8.35. The van der Waals surface area contributed by atoms with Gasteiger partial charge in [-0.2, -0.15) is 0 Å². The summed E-state index contributed by atoms with van der Waals surface area (Å²) in [5.74, 6) is 0. The molecule has 1 aromatic rings. The molecule has 3 heteroatoms. The third-order valence-electron chi connectivity index (χ3n) is 2.07. The van der Waals surface area contributed by atoms with Crippen molar-refractivity contribution in [2.24, 2.45) is 0 Å². The van der Waals surface area contributed by atoms with Crippen LogP contribution in [-0.4, -0.2) is 5.30 Å². The number of hydrogen-bond acceptors (Lipinski definition) is 3. The van der Waals surface area contributed by atoms with Crippen LogP contribution in [0.4, 0.5) is 4.79 Å². The highest BCUT2D eigenvalue weighted by Gasteiger charge is 2.33. The van der Waals surface area contributed by atoms with Crippen molar-refractivity contribution in [2.75, 3.05) is 0 Å². The lowest BCUT2D eigenvalue weighted by Crippen LogP contribution is -2.27. The van der Waals surface area contributed by atoms with E-state index in [0.29, 0.717) is 0 Å². The van der Waals surface area contributed by atoms with Crippen molar-refractivity contribution in [2.45, 2.75) is 24.3 Å². The van der Waals surface area contributed by atoms with Gasteiger partial charge >= 0.3 is 5.30 Å². The second kappa shape index (κ2) is 2.77. The summed E-state index contributed by atoms with van der Waals surface area (Å²) in [4.78, 5) is 12.2. The summed E-state index contributed by atoms with van der Waals surface area (Å²) in [6.07, 6.45) is 0. The Morgan fingerprint density at radius 3 is 2.77 bits per heavy atom. The topological polar surface area (TPSA) is 26.3 Å². The maximum Gasteiger partial charge on any atom is 0.373 e. The standard InChI is InChI=1S/C10H10O2S/c1-10(2)7-5-3-4-6-8(7)13-9(11)12-10/h3-6H,1-2H3. The van der Waals surface area contributed by atoms with Crippen molar-refractivity contribution in [3.63, 3.8) is 0 Å². The fourth-order valence-corrected chi connectivity index (χ4v) is 2.43. The van der Waals surface area contributed by atoms with E-state index in [1.807, 2.05) is 38.1 Å². The van der Waals surface area contributed by atoms with Crippen LogP contribution in [0, 0.1) is 0 Å². The van der Waals surface area contributed by atoms with Gasteiger partial charge in [0.25, 0.3) is 0 Å². The van der Waals surface area contributed by atoms with Crippen molar-refractivity contribution >= 4 is 17.1 Å². The van der Waals surface area contributed by atoms with E-state index in [1.54, 1.807) is 0 Å². The number of thioether (sulfide) groups is 1. The predicted molar refractivity (Wildman–Crippen MR) is 51.8 cm³/mol. The molecule has 1 aliphatic rings. The van der Waals surface area contributed by atoms with Gasteiger partial charge in [0.2, 0.25) is 0 Å². The molecule has 0 fully saturated rings. The maximum atomic E-state index is 11.2. The van der Waals surface area contributed by atoms with E-state index in [-0.39, 0.29) is 5.30 Å². The van der Waals surface area contributed by atoms with Crippen LogP contribution in [0.25, 0.3) is 0 Å². The van der Waals surface area contributed by atoms with Crippen LogP contribution >= 0.6 is 11.8 Å². The average Bonchev–Trinajstić information content (AvgIpc) is 2.02. The molecule has 13 heavy (non-hydrogen) atoms. The van der Waals surface area contributed by atoms with Crippen LogP contribution < -0.4 is 0 Å². The molecule has 0 saturated heterocycles. The maximum absolute atomic E-state index is 11.2. The molecular formula is C10H10O2S. The van der Waals surface area contributed by atoms with Gasteiger partial charge in [-0.3, -0.25) is 0 Å². The van der Waals surface area contributed by atoms with Gasteiger partial charge in [-0.25, -0.2) is 4.79 Å². The summed E-state index contributed by atoms with van der Waals surface area (Å²) in [6, 6.07) is 7.83. The van der Waals surface area contributed by atoms with Crippen LogP contribution in [0.2, 0.25) is 0 Å². The van der Waals surface area contributed by atoms with E-state index >= 15 is 0 Å². The number of carbonyl (C=O) groups excluding carboxylic acids is 1. The molecule has 0 unspecified atom stereocenters. The fourth-order valence-electron chi connectivity index (χ4n) is 1.43. The van der Waals surface area contributed by atoms with Crippen molar-refractivity contribution in [3.8, 4) is 0 Å². The van der Waals surface area contributed by atoms with Crippen molar-refractivity contribution in [1.82, 2.24) is 0 Å². The Kier molecular flexibility index (Phi) is 1.84. The summed E-state index contributed by atoms with van der Waals surface area (Å²) >= 11 is 1.15. The Morgan fingerprint density at radius 1 is 1.31 bits per heavy atom. The molecule has 0 spiro atoms. The molecule has 0 atom stereocenters. The quantitative estimate of drug-likeness (QED) is 0.593. The van der Waals surface area contributed by atoms with Gasteiger partial charge in [-0.1, -0.05) is 18.2 Å². The third kappa shape index (κ3) is 1.44. The third-order valence-corrected chi connectivity index (χ3v) is 2.89. The molecule has 0 bridgehead atoms. The van der Waals surface area contributed by atoms with Gasteiger partial charge in [-0.05, 0) is 31.7 Å². The smallest absolute Gasteiger partial charge is 0.373 e. The van der Waals surface area contributed by atoms with E-state index in [2.05, 4.69) is 0 Å². The Labute approximate surface area is 81.3 Å². The van der Waals surface area contributed by atoms with Crippen molar-refractivity contribution in [3.05, 3.63) is 29.8 Å². The summed E-state index contributed by atoms with van der Waals surface area (Å²) in [7, 11) is 0. The number of rotatable bonds is 0. The van der Waals surface area contributed by atoms with E-state index in [4.69, 9.17) is 4.74 Å². The molecular weight excluding hydrogens is 184 g/mol. The first kappa shape index (κ1) is 8.63. The molecule has 0 radical (unpaired) electrons. The van der Waals surface area contributed by atoms with E-state index < -0.39 is 5.60 Å². The SMILES string of the molecule is CC1(C)OC(=O)Sc2ccccc21. The van der Waals surface area contributed by atoms with Crippen LogP contribution in [0.15, 0.2) is 29.2 Å². The lowest BCUT2D eigenvalue weighted by Gasteiger charge is -2.31. The molecule has 0 aromatic heterocycles. The Bertz CT molecular complexity index is 358. The molecule has 1 heterocycles. The largest absolute Gasteiger partial charge is 0.446 e. The minimum Gasteiger partial charge on any atom is -0.446 e. The molecule has 2 rings (SSSR count). The number of benzene rings is 1. The van der Waals surface area contributed by atoms with Crippen LogP contribution in [0.3, 0.4) is 0 Å². The Morgan fingerprint density at radius 2 is 2.00 bits per heavy atom. The molecule has 0 aliphatic carbocycles. The lowest BCUT2D eigenvalue weighted by molar-refractivity contribution is 0.0512. The second-order valence-corrected chi connectivity index (χ2v) is 4.44. The predicted octanol–water partition coefficient (Wildman–Crippen LogP) is 3.16. The summed E-state index contributed by atoms with van der Waals surface area (Å²) in [6.45, 7) is 3.81. The molecule has 2 nitrogen and oxygen atoms in total. The Balaban J connectivity index is 2.56. The minimum absolute atomic E-state index is 0.219. The zero-order valence-electron chi connectivity index (χ0n) is 7.53. The van der Waals surface area contributed by atoms with Crippen molar-refractivity contribution in [1.29, 1.82) is 0 Å². The first-order valence-corrected chi connectivity index (χ1v) is 4.91. The van der Waals surface area contributed by atoms with Gasteiger partial charge in [-0.15, -0.1) is 0 Å². The fraction of sp³-hybridized carbons (Fsp3) is 0.300. The summed E-state index contributed by atoms with van der Waals surface area (Å²) < 4.78 is 5.22. The molecule has 68 valence electrons. The normalized spacial score (nSPS) is 19.1. The monoisotopic (exact) mass is 194 g/mol. The molecule has 1 aliphatic heterocycles. The van der Waals surface area contributed by atoms with E-state index in [1.165, 1.54) is 0 Å². The zero-order chi connectivity index (χ0) is 9.47. The van der Waals surface area contributed by atoms with Gasteiger partial charge in [0, 0.05) is 10.5 Å². The molecule has 1 aromatic carbocycles. The molecule has 0 amide bonds. The molecule has 0 N–H and O–H groups in total. The number of hydrogen-bond donors (Lipinski definition) is 0. The number of ether oxygens (including phenoxy) is 1. The van der Waals surface area contributed by atoms with Crippen LogP contribution in [-0.2, 0) is 10.3 Å². The van der Waals surface area contributed by atoms with Gasteiger partial charge in [0.05, 0.1) is 0 Å². The van der Waals surface area contributed by atoms with Crippen molar-refractivity contribution < 1.29 is 9.53 Å². The average molecular weight is 194 g/mol. The van der Waals surface area contributed by atoms with Gasteiger partial charge in [0.1, 0.15) is 5.60 Å². The van der Waals surface area contributed by atoms with Crippen LogP contribution in [0.5, 0.6) is 0 Å².